The van der Waals surface area contributed by atoms with Crippen molar-refractivity contribution in [3.05, 3.63) is 34.2 Å². The van der Waals surface area contributed by atoms with E-state index >= 15 is 0 Å². The van der Waals surface area contributed by atoms with Gasteiger partial charge in [0.15, 0.2) is 0 Å². The fraction of sp³-hybridized carbons (Fsp3) is 0.125. The van der Waals surface area contributed by atoms with E-state index in [4.69, 9.17) is 5.26 Å². The summed E-state index contributed by atoms with van der Waals surface area (Å²) in [5.41, 5.74) is 1.59. The summed E-state index contributed by atoms with van der Waals surface area (Å²) in [5, 5.41) is 11.2. The standard InChI is InChI=1S/C8H6N2O/c1-6-2-3-7(5-9)4-8(6)10-11/h2-4H,1H3. The van der Waals surface area contributed by atoms with E-state index in [1.54, 1.807) is 19.1 Å². The first-order chi connectivity index (χ1) is 5.27. The zero-order valence-electron chi connectivity index (χ0n) is 6.03. The lowest BCUT2D eigenvalue weighted by Crippen LogP contribution is -1.76. The highest BCUT2D eigenvalue weighted by molar-refractivity contribution is 5.50. The molecule has 0 spiro atoms. The molecule has 0 amide bonds. The molecule has 0 heterocycles. The van der Waals surface area contributed by atoms with E-state index in [1.807, 2.05) is 6.07 Å². The predicted octanol–water partition coefficient (Wildman–Crippen LogP) is 2.26. The first-order valence-corrected chi connectivity index (χ1v) is 3.12. The second kappa shape index (κ2) is 2.93. The fourth-order valence-electron chi connectivity index (χ4n) is 0.777. The van der Waals surface area contributed by atoms with E-state index in [0.29, 0.717) is 11.3 Å². The topological polar surface area (TPSA) is 53.2 Å². The molecule has 0 bridgehead atoms. The molecule has 1 rings (SSSR count). The lowest BCUT2D eigenvalue weighted by Gasteiger charge is -1.94. The first-order valence-electron chi connectivity index (χ1n) is 3.12. The van der Waals surface area contributed by atoms with Crippen molar-refractivity contribution in [2.75, 3.05) is 0 Å². The number of aryl methyl sites for hydroxylation is 1. The van der Waals surface area contributed by atoms with Gasteiger partial charge in [-0.05, 0) is 29.8 Å². The molecule has 0 fully saturated rings. The molecule has 0 saturated carbocycles. The van der Waals surface area contributed by atoms with Gasteiger partial charge in [0.1, 0.15) is 5.69 Å². The molecule has 0 radical (unpaired) electrons. The Morgan fingerprint density at radius 1 is 1.55 bits per heavy atom. The minimum atomic E-state index is 0.337. The number of rotatable bonds is 1. The van der Waals surface area contributed by atoms with Gasteiger partial charge in [-0.3, -0.25) is 0 Å². The van der Waals surface area contributed by atoms with E-state index in [9.17, 15) is 4.91 Å². The van der Waals surface area contributed by atoms with Crippen molar-refractivity contribution in [2.45, 2.75) is 6.92 Å². The van der Waals surface area contributed by atoms with Gasteiger partial charge >= 0.3 is 0 Å². The van der Waals surface area contributed by atoms with Gasteiger partial charge in [0.05, 0.1) is 11.6 Å². The first kappa shape index (κ1) is 7.42. The molecule has 0 aliphatic carbocycles. The van der Waals surface area contributed by atoms with E-state index in [1.165, 1.54) is 6.07 Å². The van der Waals surface area contributed by atoms with Crippen LogP contribution in [0.1, 0.15) is 11.1 Å². The molecule has 1 aromatic carbocycles. The molecule has 1 aromatic rings. The van der Waals surface area contributed by atoms with Gasteiger partial charge in [-0.25, -0.2) is 0 Å². The van der Waals surface area contributed by atoms with Crippen molar-refractivity contribution in [2.24, 2.45) is 5.18 Å². The van der Waals surface area contributed by atoms with Gasteiger partial charge in [-0.15, -0.1) is 4.91 Å². The Morgan fingerprint density at radius 2 is 2.27 bits per heavy atom. The summed E-state index contributed by atoms with van der Waals surface area (Å²) in [7, 11) is 0. The molecule has 0 aliphatic heterocycles. The molecule has 3 nitrogen and oxygen atoms in total. The Labute approximate surface area is 64.2 Å². The molecule has 3 heteroatoms. The Hall–Kier alpha value is -1.69. The van der Waals surface area contributed by atoms with Crippen LogP contribution >= 0.6 is 0 Å². The molecule has 0 aromatic heterocycles. The van der Waals surface area contributed by atoms with Crippen LogP contribution in [0.15, 0.2) is 23.4 Å². The van der Waals surface area contributed by atoms with Crippen molar-refractivity contribution in [3.8, 4) is 6.07 Å². The number of nitriles is 1. The summed E-state index contributed by atoms with van der Waals surface area (Å²) in [6.45, 7) is 1.78. The summed E-state index contributed by atoms with van der Waals surface area (Å²) < 4.78 is 0. The fourth-order valence-corrected chi connectivity index (χ4v) is 0.777. The minimum Gasteiger partial charge on any atom is -0.192 e. The van der Waals surface area contributed by atoms with Crippen LogP contribution in [0, 0.1) is 23.2 Å². The van der Waals surface area contributed by atoms with Crippen LogP contribution in [0.2, 0.25) is 0 Å². The van der Waals surface area contributed by atoms with Crippen molar-refractivity contribution in [1.82, 2.24) is 0 Å². The molecule has 0 saturated heterocycles. The van der Waals surface area contributed by atoms with Gasteiger partial charge in [0, 0.05) is 0 Å². The number of hydrogen-bond donors (Lipinski definition) is 0. The molecule has 0 atom stereocenters. The second-order valence-corrected chi connectivity index (χ2v) is 2.20. The van der Waals surface area contributed by atoms with E-state index < -0.39 is 0 Å². The Kier molecular flexibility index (Phi) is 1.98. The number of nitrogens with zero attached hydrogens (tertiary/aromatic N) is 2. The highest BCUT2D eigenvalue weighted by atomic mass is 16.3. The third kappa shape index (κ3) is 1.41. The minimum absolute atomic E-state index is 0.337. The van der Waals surface area contributed by atoms with E-state index in [2.05, 4.69) is 5.18 Å². The van der Waals surface area contributed by atoms with Crippen LogP contribution < -0.4 is 0 Å². The zero-order valence-corrected chi connectivity index (χ0v) is 6.03. The van der Waals surface area contributed by atoms with Crippen molar-refractivity contribution in [1.29, 1.82) is 5.26 Å². The highest BCUT2D eigenvalue weighted by Gasteiger charge is 1.98. The Bertz CT molecular complexity index is 325. The monoisotopic (exact) mass is 146 g/mol. The van der Waals surface area contributed by atoms with Crippen LogP contribution in [0.3, 0.4) is 0 Å². The SMILES string of the molecule is Cc1ccc(C#N)cc1N=O. The van der Waals surface area contributed by atoms with Crippen LogP contribution in [0.4, 0.5) is 5.69 Å². The molecule has 11 heavy (non-hydrogen) atoms. The van der Waals surface area contributed by atoms with Crippen LogP contribution in [0.5, 0.6) is 0 Å². The van der Waals surface area contributed by atoms with E-state index in [-0.39, 0.29) is 0 Å². The summed E-state index contributed by atoms with van der Waals surface area (Å²) in [4.78, 5) is 10.1. The van der Waals surface area contributed by atoms with Gasteiger partial charge in [0.25, 0.3) is 0 Å². The summed E-state index contributed by atoms with van der Waals surface area (Å²) in [6.07, 6.45) is 0. The second-order valence-electron chi connectivity index (χ2n) is 2.20. The van der Waals surface area contributed by atoms with Gasteiger partial charge in [-0.1, -0.05) is 6.07 Å². The summed E-state index contributed by atoms with van der Waals surface area (Å²) in [5.74, 6) is 0. The quantitative estimate of drug-likeness (QED) is 0.570. The molecule has 0 aliphatic rings. The Balaban J connectivity index is 3.25. The average Bonchev–Trinajstić information content (AvgIpc) is 2.05. The zero-order chi connectivity index (χ0) is 8.27. The predicted molar refractivity (Wildman–Crippen MR) is 41.3 cm³/mol. The molecular formula is C8H6N2O. The summed E-state index contributed by atoms with van der Waals surface area (Å²) in [6, 6.07) is 6.76. The maximum absolute atomic E-state index is 10.1. The summed E-state index contributed by atoms with van der Waals surface area (Å²) >= 11 is 0. The van der Waals surface area contributed by atoms with Gasteiger partial charge < -0.3 is 0 Å². The smallest absolute Gasteiger partial charge is 0.112 e. The van der Waals surface area contributed by atoms with Gasteiger partial charge in [-0.2, -0.15) is 5.26 Å². The van der Waals surface area contributed by atoms with Crippen LogP contribution in [0.25, 0.3) is 0 Å². The van der Waals surface area contributed by atoms with Crippen molar-refractivity contribution >= 4 is 5.69 Å². The number of benzene rings is 1. The largest absolute Gasteiger partial charge is 0.192 e. The lowest BCUT2D eigenvalue weighted by atomic mass is 10.1. The maximum atomic E-state index is 10.1. The van der Waals surface area contributed by atoms with Crippen LogP contribution in [-0.2, 0) is 0 Å². The lowest BCUT2D eigenvalue weighted by molar-refractivity contribution is 1.37. The molecule has 0 unspecified atom stereocenters. The molecule has 0 N–H and O–H groups in total. The molecule has 54 valence electrons. The molecular weight excluding hydrogens is 140 g/mol. The highest BCUT2D eigenvalue weighted by Crippen LogP contribution is 2.18. The van der Waals surface area contributed by atoms with E-state index in [0.717, 1.165) is 5.56 Å². The van der Waals surface area contributed by atoms with Gasteiger partial charge in [0.2, 0.25) is 0 Å². The third-order valence-electron chi connectivity index (χ3n) is 1.44. The number of hydrogen-bond acceptors (Lipinski definition) is 3. The number of nitroso groups, excluding NO2 is 1. The van der Waals surface area contributed by atoms with Crippen molar-refractivity contribution in [3.63, 3.8) is 0 Å². The van der Waals surface area contributed by atoms with Crippen LogP contribution in [-0.4, -0.2) is 0 Å². The third-order valence-corrected chi connectivity index (χ3v) is 1.44. The normalized spacial score (nSPS) is 8.73. The average molecular weight is 146 g/mol. The van der Waals surface area contributed by atoms with Crippen molar-refractivity contribution < 1.29 is 0 Å². The Morgan fingerprint density at radius 3 is 2.82 bits per heavy atom. The maximum Gasteiger partial charge on any atom is 0.112 e.